The minimum atomic E-state index is 0.407. The van der Waals surface area contributed by atoms with E-state index in [2.05, 4.69) is 34.6 Å². The summed E-state index contributed by atoms with van der Waals surface area (Å²) in [4.78, 5) is 4.55. The monoisotopic (exact) mass is 337 g/mol. The van der Waals surface area contributed by atoms with Crippen molar-refractivity contribution < 1.29 is 9.47 Å². The number of benzene rings is 2. The number of hydrogen-bond donors (Lipinski definition) is 2. The molecule has 0 radical (unpaired) electrons. The lowest BCUT2D eigenvalue weighted by molar-refractivity contribution is 0.405. The molecule has 5 heteroatoms. The summed E-state index contributed by atoms with van der Waals surface area (Å²) in [5.74, 6) is 3.87. The number of nitrogens with two attached hydrogens (primary N) is 1. The molecule has 3 N–H and O–H groups in total. The van der Waals surface area contributed by atoms with Gasteiger partial charge in [0.2, 0.25) is 0 Å². The molecule has 0 amide bonds. The first kappa shape index (κ1) is 15.8. The largest absolute Gasteiger partial charge is 0.497 e. The van der Waals surface area contributed by atoms with Crippen molar-refractivity contribution in [1.29, 1.82) is 0 Å². The van der Waals surface area contributed by atoms with Gasteiger partial charge in [0.1, 0.15) is 11.5 Å². The Balaban J connectivity index is 1.41. The van der Waals surface area contributed by atoms with Gasteiger partial charge in [-0.25, -0.2) is 0 Å². The van der Waals surface area contributed by atoms with E-state index < -0.39 is 0 Å². The molecule has 2 aliphatic carbocycles. The van der Waals surface area contributed by atoms with E-state index in [1.807, 2.05) is 18.2 Å². The maximum absolute atomic E-state index is 6.08. The average molecular weight is 337 g/mol. The number of guanidine groups is 1. The van der Waals surface area contributed by atoms with Crippen molar-refractivity contribution in [3.63, 3.8) is 0 Å². The molecule has 0 aliphatic heterocycles. The maximum Gasteiger partial charge on any atom is 0.193 e. The van der Waals surface area contributed by atoms with Crippen molar-refractivity contribution in [1.82, 2.24) is 0 Å². The molecule has 4 rings (SSSR count). The first-order valence-corrected chi connectivity index (χ1v) is 8.58. The van der Waals surface area contributed by atoms with Crippen LogP contribution in [0.25, 0.3) is 0 Å². The Bertz CT molecular complexity index is 818. The summed E-state index contributed by atoms with van der Waals surface area (Å²) in [6.07, 6.45) is 1.18. The topological polar surface area (TPSA) is 68.9 Å². The SMILES string of the molecule is COc1ccc(OC)c(NC(N)=NCC2C3Cc4ccccc4C23)c1. The fraction of sp³-hybridized carbons (Fsp3) is 0.350. The van der Waals surface area contributed by atoms with Gasteiger partial charge in [0.25, 0.3) is 0 Å². The van der Waals surface area contributed by atoms with Gasteiger partial charge in [-0.15, -0.1) is 0 Å². The predicted octanol–water partition coefficient (Wildman–Crippen LogP) is 3.02. The lowest BCUT2D eigenvalue weighted by Crippen LogP contribution is -2.23. The average Bonchev–Trinajstić information content (AvgIpc) is 3.18. The molecule has 5 nitrogen and oxygen atoms in total. The van der Waals surface area contributed by atoms with E-state index in [1.165, 1.54) is 17.5 Å². The predicted molar refractivity (Wildman–Crippen MR) is 99.5 cm³/mol. The molecule has 1 fully saturated rings. The third kappa shape index (κ3) is 2.90. The Labute approximate surface area is 147 Å². The molecule has 2 aromatic rings. The fourth-order valence-corrected chi connectivity index (χ4v) is 4.03. The van der Waals surface area contributed by atoms with Crippen LogP contribution in [-0.4, -0.2) is 26.7 Å². The molecule has 0 aromatic heterocycles. The van der Waals surface area contributed by atoms with Crippen LogP contribution in [0.5, 0.6) is 11.5 Å². The van der Waals surface area contributed by atoms with Crippen LogP contribution in [0.4, 0.5) is 5.69 Å². The molecule has 25 heavy (non-hydrogen) atoms. The first-order chi connectivity index (χ1) is 12.2. The molecule has 0 spiro atoms. The summed E-state index contributed by atoms with van der Waals surface area (Å²) in [6.45, 7) is 0.759. The summed E-state index contributed by atoms with van der Waals surface area (Å²) in [7, 11) is 3.26. The smallest absolute Gasteiger partial charge is 0.193 e. The summed E-state index contributed by atoms with van der Waals surface area (Å²) >= 11 is 0. The normalized spacial score (nSPS) is 23.6. The zero-order chi connectivity index (χ0) is 17.4. The van der Waals surface area contributed by atoms with Gasteiger partial charge in [-0.3, -0.25) is 4.99 Å². The van der Waals surface area contributed by atoms with Gasteiger partial charge < -0.3 is 20.5 Å². The van der Waals surface area contributed by atoms with E-state index in [-0.39, 0.29) is 0 Å². The molecular formula is C20H23N3O2. The van der Waals surface area contributed by atoms with E-state index in [9.17, 15) is 0 Å². The van der Waals surface area contributed by atoms with Crippen LogP contribution in [0.1, 0.15) is 17.0 Å². The Morgan fingerprint density at radius 3 is 2.84 bits per heavy atom. The van der Waals surface area contributed by atoms with Crippen molar-refractivity contribution in [3.05, 3.63) is 53.6 Å². The molecule has 0 saturated heterocycles. The van der Waals surface area contributed by atoms with E-state index in [0.717, 1.165) is 23.9 Å². The number of anilines is 1. The summed E-state index contributed by atoms with van der Waals surface area (Å²) < 4.78 is 10.6. The van der Waals surface area contributed by atoms with Gasteiger partial charge in [-0.1, -0.05) is 24.3 Å². The maximum atomic E-state index is 6.08. The molecule has 2 aromatic carbocycles. The Morgan fingerprint density at radius 2 is 2.04 bits per heavy atom. The van der Waals surface area contributed by atoms with Crippen LogP contribution in [0.15, 0.2) is 47.5 Å². The van der Waals surface area contributed by atoms with Gasteiger partial charge >= 0.3 is 0 Å². The van der Waals surface area contributed by atoms with Crippen molar-refractivity contribution >= 4 is 11.6 Å². The molecule has 3 unspecified atom stereocenters. The van der Waals surface area contributed by atoms with Gasteiger partial charge in [0.15, 0.2) is 5.96 Å². The van der Waals surface area contributed by atoms with Crippen LogP contribution in [0, 0.1) is 11.8 Å². The van der Waals surface area contributed by atoms with Crippen LogP contribution in [0.2, 0.25) is 0 Å². The van der Waals surface area contributed by atoms with Crippen LogP contribution < -0.4 is 20.5 Å². The van der Waals surface area contributed by atoms with E-state index in [4.69, 9.17) is 15.2 Å². The van der Waals surface area contributed by atoms with Crippen molar-refractivity contribution in [3.8, 4) is 11.5 Å². The summed E-state index contributed by atoms with van der Waals surface area (Å²) in [5, 5.41) is 3.13. The van der Waals surface area contributed by atoms with Crippen LogP contribution in [-0.2, 0) is 6.42 Å². The number of fused-ring (bicyclic) bond motifs is 3. The number of methoxy groups -OCH3 is 2. The summed E-state index contributed by atoms with van der Waals surface area (Å²) in [5.41, 5.74) is 9.85. The second-order valence-corrected chi connectivity index (χ2v) is 6.67. The van der Waals surface area contributed by atoms with E-state index in [1.54, 1.807) is 14.2 Å². The number of nitrogens with one attached hydrogen (secondary N) is 1. The minimum absolute atomic E-state index is 0.407. The lowest BCUT2D eigenvalue weighted by Gasteiger charge is -2.12. The molecule has 0 bridgehead atoms. The number of aliphatic imine (C=N–C) groups is 1. The van der Waals surface area contributed by atoms with Crippen LogP contribution >= 0.6 is 0 Å². The van der Waals surface area contributed by atoms with Crippen molar-refractivity contribution in [2.45, 2.75) is 12.3 Å². The number of rotatable bonds is 5. The standard InChI is InChI=1S/C20H23N3O2/c1-24-13-7-8-18(25-2)17(10-13)23-20(21)22-11-16-15-9-12-5-3-4-6-14(12)19(15)16/h3-8,10,15-16,19H,9,11H2,1-2H3,(H3,21,22,23). The first-order valence-electron chi connectivity index (χ1n) is 8.58. The quantitative estimate of drug-likeness (QED) is 0.650. The third-order valence-electron chi connectivity index (χ3n) is 5.34. The highest BCUT2D eigenvalue weighted by Gasteiger charge is 2.54. The van der Waals surface area contributed by atoms with Crippen molar-refractivity contribution in [2.75, 3.05) is 26.1 Å². The number of nitrogens with zero attached hydrogens (tertiary/aromatic N) is 1. The lowest BCUT2D eigenvalue weighted by atomic mass is 10.0. The number of ether oxygens (including phenoxy) is 2. The highest BCUT2D eigenvalue weighted by molar-refractivity contribution is 5.94. The minimum Gasteiger partial charge on any atom is -0.497 e. The van der Waals surface area contributed by atoms with Crippen LogP contribution in [0.3, 0.4) is 0 Å². The second-order valence-electron chi connectivity index (χ2n) is 6.67. The molecular weight excluding hydrogens is 314 g/mol. The number of hydrogen-bond acceptors (Lipinski definition) is 3. The van der Waals surface area contributed by atoms with Crippen molar-refractivity contribution in [2.24, 2.45) is 22.6 Å². The Morgan fingerprint density at radius 1 is 1.20 bits per heavy atom. The Hall–Kier alpha value is -2.69. The van der Waals surface area contributed by atoms with E-state index in [0.29, 0.717) is 23.5 Å². The second kappa shape index (κ2) is 6.31. The van der Waals surface area contributed by atoms with Gasteiger partial charge in [-0.05, 0) is 47.4 Å². The molecule has 3 atom stereocenters. The fourth-order valence-electron chi connectivity index (χ4n) is 4.03. The highest BCUT2D eigenvalue weighted by atomic mass is 16.5. The van der Waals surface area contributed by atoms with Gasteiger partial charge in [0, 0.05) is 12.6 Å². The van der Waals surface area contributed by atoms with E-state index >= 15 is 0 Å². The molecule has 1 saturated carbocycles. The van der Waals surface area contributed by atoms with Gasteiger partial charge in [-0.2, -0.15) is 0 Å². The van der Waals surface area contributed by atoms with Gasteiger partial charge in [0.05, 0.1) is 19.9 Å². The molecule has 0 heterocycles. The highest BCUT2D eigenvalue weighted by Crippen LogP contribution is 2.61. The molecule has 130 valence electrons. The Kier molecular flexibility index (Phi) is 3.99. The summed E-state index contributed by atoms with van der Waals surface area (Å²) in [6, 6.07) is 14.3. The zero-order valence-electron chi connectivity index (χ0n) is 14.5. The third-order valence-corrected chi connectivity index (χ3v) is 5.34. The zero-order valence-corrected chi connectivity index (χ0v) is 14.5. The molecule has 2 aliphatic rings.